The van der Waals surface area contributed by atoms with Gasteiger partial charge in [-0.1, -0.05) is 32.3 Å². The number of hydrogen-bond acceptors (Lipinski definition) is 3. The summed E-state index contributed by atoms with van der Waals surface area (Å²) >= 11 is 0. The van der Waals surface area contributed by atoms with Crippen molar-refractivity contribution in [3.63, 3.8) is 0 Å². The zero-order valence-corrected chi connectivity index (χ0v) is 12.2. The largest absolute Gasteiger partial charge is 0.360 e. The summed E-state index contributed by atoms with van der Waals surface area (Å²) in [6, 6.07) is 1.79. The lowest BCUT2D eigenvalue weighted by Crippen LogP contribution is -2.32. The molecule has 4 nitrogen and oxygen atoms in total. The van der Waals surface area contributed by atoms with E-state index < -0.39 is 0 Å². The first-order chi connectivity index (χ1) is 9.11. The Labute approximate surface area is 115 Å². The number of rotatable bonds is 3. The van der Waals surface area contributed by atoms with Gasteiger partial charge in [0.1, 0.15) is 5.76 Å². The molecular weight excluding hydrogens is 240 g/mol. The zero-order chi connectivity index (χ0) is 13.8. The maximum absolute atomic E-state index is 12.4. The van der Waals surface area contributed by atoms with Gasteiger partial charge >= 0.3 is 0 Å². The monoisotopic (exact) mass is 264 g/mol. The van der Waals surface area contributed by atoms with Crippen molar-refractivity contribution in [3.8, 4) is 0 Å². The van der Waals surface area contributed by atoms with Crippen molar-refractivity contribution in [2.75, 3.05) is 13.1 Å². The first kappa shape index (κ1) is 14.1. The number of nitrogens with zero attached hydrogens (tertiary/aromatic N) is 2. The van der Waals surface area contributed by atoms with E-state index in [9.17, 15) is 4.79 Å². The van der Waals surface area contributed by atoms with Crippen molar-refractivity contribution in [1.82, 2.24) is 10.1 Å². The Hall–Kier alpha value is -1.32. The molecule has 2 heterocycles. The van der Waals surface area contributed by atoms with E-state index >= 15 is 0 Å². The van der Waals surface area contributed by atoms with E-state index in [4.69, 9.17) is 4.52 Å². The highest BCUT2D eigenvalue weighted by molar-refractivity contribution is 5.92. The van der Waals surface area contributed by atoms with Crippen LogP contribution in [0.5, 0.6) is 0 Å². The van der Waals surface area contributed by atoms with Crippen molar-refractivity contribution < 1.29 is 9.32 Å². The van der Waals surface area contributed by atoms with Crippen LogP contribution >= 0.6 is 0 Å². The summed E-state index contributed by atoms with van der Waals surface area (Å²) in [5.41, 5.74) is 0.457. The predicted molar refractivity (Wildman–Crippen MR) is 74.1 cm³/mol. The molecular formula is C15H24N2O2. The van der Waals surface area contributed by atoms with Crippen LogP contribution in [0.2, 0.25) is 0 Å². The van der Waals surface area contributed by atoms with Gasteiger partial charge in [-0.2, -0.15) is 0 Å². The number of hydrogen-bond donors (Lipinski definition) is 0. The Balaban J connectivity index is 2.02. The second kappa shape index (κ2) is 6.22. The average molecular weight is 264 g/mol. The maximum Gasteiger partial charge on any atom is 0.276 e. The molecule has 0 aliphatic carbocycles. The summed E-state index contributed by atoms with van der Waals surface area (Å²) in [4.78, 5) is 14.3. The fourth-order valence-corrected chi connectivity index (χ4v) is 2.60. The Morgan fingerprint density at radius 1 is 1.47 bits per heavy atom. The Bertz CT molecular complexity index is 426. The lowest BCUT2D eigenvalue weighted by atomic mass is 9.98. The lowest BCUT2D eigenvalue weighted by Gasteiger charge is -2.19. The van der Waals surface area contributed by atoms with Gasteiger partial charge in [0.25, 0.3) is 5.91 Å². The number of amides is 1. The molecule has 1 aliphatic rings. The van der Waals surface area contributed by atoms with Gasteiger partial charge in [-0.05, 0) is 25.2 Å². The average Bonchev–Trinajstić information content (AvgIpc) is 2.77. The summed E-state index contributed by atoms with van der Waals surface area (Å²) in [7, 11) is 0. The molecule has 1 atom stereocenters. The molecule has 19 heavy (non-hydrogen) atoms. The zero-order valence-electron chi connectivity index (χ0n) is 12.2. The van der Waals surface area contributed by atoms with Crippen LogP contribution in [0, 0.1) is 5.92 Å². The van der Waals surface area contributed by atoms with Crippen LogP contribution in [-0.2, 0) is 0 Å². The van der Waals surface area contributed by atoms with Gasteiger partial charge in [-0.3, -0.25) is 4.79 Å². The van der Waals surface area contributed by atoms with Crippen LogP contribution in [-0.4, -0.2) is 29.1 Å². The van der Waals surface area contributed by atoms with Crippen LogP contribution in [0.4, 0.5) is 0 Å². The Kier molecular flexibility index (Phi) is 4.61. The minimum absolute atomic E-state index is 0.0207. The third-order valence-corrected chi connectivity index (χ3v) is 4.03. The second-order valence-corrected chi connectivity index (χ2v) is 5.77. The van der Waals surface area contributed by atoms with Crippen LogP contribution in [0.25, 0.3) is 0 Å². The summed E-state index contributed by atoms with van der Waals surface area (Å²) in [5.74, 6) is 1.83. The van der Waals surface area contributed by atoms with Crippen LogP contribution in [0.15, 0.2) is 10.6 Å². The van der Waals surface area contributed by atoms with Gasteiger partial charge < -0.3 is 9.42 Å². The highest BCUT2D eigenvalue weighted by atomic mass is 16.5. The molecule has 1 unspecified atom stereocenters. The van der Waals surface area contributed by atoms with E-state index in [1.807, 2.05) is 18.7 Å². The summed E-state index contributed by atoms with van der Waals surface area (Å²) in [6.45, 7) is 7.99. The number of aromatic nitrogens is 1. The number of likely N-dealkylation sites (tertiary alicyclic amines) is 1. The summed E-state index contributed by atoms with van der Waals surface area (Å²) in [5, 5.41) is 3.92. The van der Waals surface area contributed by atoms with Gasteiger partial charge in [-0.25, -0.2) is 0 Å². The van der Waals surface area contributed by atoms with E-state index in [1.54, 1.807) is 6.07 Å². The lowest BCUT2D eigenvalue weighted by molar-refractivity contribution is 0.0749. The minimum Gasteiger partial charge on any atom is -0.360 e. The van der Waals surface area contributed by atoms with Crippen molar-refractivity contribution in [2.24, 2.45) is 5.92 Å². The topological polar surface area (TPSA) is 46.3 Å². The molecule has 0 spiro atoms. The van der Waals surface area contributed by atoms with Crippen molar-refractivity contribution in [3.05, 3.63) is 17.5 Å². The first-order valence-electron chi connectivity index (χ1n) is 7.37. The molecule has 1 amide bonds. The molecule has 0 aromatic carbocycles. The Morgan fingerprint density at radius 2 is 2.26 bits per heavy atom. The molecule has 1 saturated heterocycles. The molecule has 106 valence electrons. The van der Waals surface area contributed by atoms with Gasteiger partial charge in [0.2, 0.25) is 0 Å². The van der Waals surface area contributed by atoms with E-state index in [2.05, 4.69) is 12.1 Å². The van der Waals surface area contributed by atoms with Crippen LogP contribution in [0.1, 0.15) is 68.6 Å². The van der Waals surface area contributed by atoms with E-state index in [0.717, 1.165) is 37.6 Å². The Morgan fingerprint density at radius 3 is 2.89 bits per heavy atom. The molecule has 0 bridgehead atoms. The fourth-order valence-electron chi connectivity index (χ4n) is 2.60. The smallest absolute Gasteiger partial charge is 0.276 e. The quantitative estimate of drug-likeness (QED) is 0.840. The SMILES string of the molecule is CCC1CCCN(C(=O)c2cc(C(C)C)on2)CC1. The number of carbonyl (C=O) groups excluding carboxylic acids is 1. The molecule has 4 heteroatoms. The van der Waals surface area contributed by atoms with Gasteiger partial charge in [0.15, 0.2) is 5.69 Å². The van der Waals surface area contributed by atoms with E-state index in [1.165, 1.54) is 12.8 Å². The highest BCUT2D eigenvalue weighted by Crippen LogP contribution is 2.22. The first-order valence-corrected chi connectivity index (χ1v) is 7.37. The molecule has 1 aromatic heterocycles. The predicted octanol–water partition coefficient (Wildman–Crippen LogP) is 3.45. The third kappa shape index (κ3) is 3.37. The molecule has 0 N–H and O–H groups in total. The second-order valence-electron chi connectivity index (χ2n) is 5.77. The summed E-state index contributed by atoms with van der Waals surface area (Å²) < 4.78 is 5.21. The third-order valence-electron chi connectivity index (χ3n) is 4.03. The highest BCUT2D eigenvalue weighted by Gasteiger charge is 2.23. The summed E-state index contributed by atoms with van der Waals surface area (Å²) in [6.07, 6.45) is 4.65. The van der Waals surface area contributed by atoms with Crippen LogP contribution < -0.4 is 0 Å². The van der Waals surface area contributed by atoms with Crippen LogP contribution in [0.3, 0.4) is 0 Å². The van der Waals surface area contributed by atoms with E-state index in [0.29, 0.717) is 5.69 Å². The molecule has 1 aliphatic heterocycles. The van der Waals surface area contributed by atoms with E-state index in [-0.39, 0.29) is 11.8 Å². The normalized spacial score (nSPS) is 20.6. The minimum atomic E-state index is 0.0207. The molecule has 2 rings (SSSR count). The van der Waals surface area contributed by atoms with Crippen molar-refractivity contribution in [1.29, 1.82) is 0 Å². The number of carbonyl (C=O) groups is 1. The molecule has 1 fully saturated rings. The molecule has 0 radical (unpaired) electrons. The molecule has 1 aromatic rings. The maximum atomic E-state index is 12.4. The van der Waals surface area contributed by atoms with Crippen molar-refractivity contribution >= 4 is 5.91 Å². The van der Waals surface area contributed by atoms with Gasteiger partial charge in [-0.15, -0.1) is 0 Å². The molecule has 0 saturated carbocycles. The van der Waals surface area contributed by atoms with Gasteiger partial charge in [0.05, 0.1) is 0 Å². The van der Waals surface area contributed by atoms with Gasteiger partial charge in [0, 0.05) is 25.1 Å². The van der Waals surface area contributed by atoms with Crippen molar-refractivity contribution in [2.45, 2.75) is 52.4 Å². The standard InChI is InChI=1S/C15H24N2O2/c1-4-12-6-5-8-17(9-7-12)15(18)13-10-14(11(2)3)19-16-13/h10-12H,4-9H2,1-3H3. The fraction of sp³-hybridized carbons (Fsp3) is 0.733.